The van der Waals surface area contributed by atoms with E-state index in [1.165, 1.54) is 0 Å². The third kappa shape index (κ3) is 4.18. The van der Waals surface area contributed by atoms with Crippen LogP contribution in [-0.4, -0.2) is 88.2 Å². The molecule has 5 atom stereocenters. The van der Waals surface area contributed by atoms with Crippen LogP contribution in [0.1, 0.15) is 15.9 Å². The fourth-order valence-corrected chi connectivity index (χ4v) is 6.54. The summed E-state index contributed by atoms with van der Waals surface area (Å²) in [5.41, 5.74) is 8.20. The van der Waals surface area contributed by atoms with E-state index in [1.807, 2.05) is 24.3 Å². The normalized spacial score (nSPS) is 24.9. The first-order valence-electron chi connectivity index (χ1n) is 14.0. The molecule has 0 spiro atoms. The summed E-state index contributed by atoms with van der Waals surface area (Å²) in [5, 5.41) is 42.1. The average molecular weight is 554 g/mol. The van der Waals surface area contributed by atoms with Gasteiger partial charge in [0.1, 0.15) is 24.4 Å². The highest BCUT2D eigenvalue weighted by Gasteiger charge is 2.44. The number of rotatable bonds is 6. The summed E-state index contributed by atoms with van der Waals surface area (Å²) in [6, 6.07) is 25.0. The summed E-state index contributed by atoms with van der Waals surface area (Å²) in [7, 11) is 0. The molecule has 0 aromatic heterocycles. The molecule has 2 heterocycles. The van der Waals surface area contributed by atoms with Crippen LogP contribution in [0.2, 0.25) is 0 Å². The second-order valence-corrected chi connectivity index (χ2v) is 10.9. The van der Waals surface area contributed by atoms with Gasteiger partial charge in [-0.1, -0.05) is 66.7 Å². The molecule has 8 heteroatoms. The lowest BCUT2D eigenvalue weighted by Crippen LogP contribution is -2.59. The zero-order chi connectivity index (χ0) is 28.2. The second kappa shape index (κ2) is 10.3. The number of amides is 1. The maximum atomic E-state index is 14.1. The first kappa shape index (κ1) is 26.3. The maximum absolute atomic E-state index is 14.1. The molecule has 210 valence electrons. The van der Waals surface area contributed by atoms with Crippen LogP contribution >= 0.6 is 0 Å². The largest absolute Gasteiger partial charge is 0.394 e. The monoisotopic (exact) mass is 553 g/mol. The van der Waals surface area contributed by atoms with E-state index in [2.05, 4.69) is 48.5 Å². The van der Waals surface area contributed by atoms with Gasteiger partial charge in [-0.2, -0.15) is 0 Å². The molecule has 8 nitrogen and oxygen atoms in total. The van der Waals surface area contributed by atoms with Gasteiger partial charge in [0, 0.05) is 18.7 Å². The van der Waals surface area contributed by atoms with Crippen molar-refractivity contribution in [3.63, 3.8) is 0 Å². The summed E-state index contributed by atoms with van der Waals surface area (Å²) in [4.78, 5) is 15.9. The van der Waals surface area contributed by atoms with Gasteiger partial charge in [0.2, 0.25) is 0 Å². The number of carbonyl (C=O) groups is 1. The lowest BCUT2D eigenvalue weighted by Gasteiger charge is -2.40. The minimum atomic E-state index is -1.51. The average Bonchev–Trinajstić information content (AvgIpc) is 3.34. The zero-order valence-corrected chi connectivity index (χ0v) is 22.3. The van der Waals surface area contributed by atoms with Crippen molar-refractivity contribution in [2.75, 3.05) is 26.3 Å². The van der Waals surface area contributed by atoms with Crippen molar-refractivity contribution in [1.29, 1.82) is 0 Å². The Kier molecular flexibility index (Phi) is 6.62. The molecule has 1 saturated heterocycles. The molecular weight excluding hydrogens is 522 g/mol. The maximum Gasteiger partial charge on any atom is 0.254 e. The predicted molar refractivity (Wildman–Crippen MR) is 153 cm³/mol. The fourth-order valence-electron chi connectivity index (χ4n) is 6.54. The van der Waals surface area contributed by atoms with E-state index in [4.69, 9.17) is 9.47 Å². The highest BCUT2D eigenvalue weighted by molar-refractivity contribution is 6.22. The Bertz CT molecular complexity index is 1630. The lowest BCUT2D eigenvalue weighted by molar-refractivity contribution is -0.301. The Balaban J connectivity index is 1.22. The third-order valence-corrected chi connectivity index (χ3v) is 8.58. The number of hydrogen-bond acceptors (Lipinski definition) is 7. The molecular formula is C33H31NO7. The van der Waals surface area contributed by atoms with E-state index in [9.17, 15) is 25.2 Å². The minimum absolute atomic E-state index is 0.0455. The van der Waals surface area contributed by atoms with Crippen molar-refractivity contribution in [1.82, 2.24) is 4.90 Å². The van der Waals surface area contributed by atoms with Crippen molar-refractivity contribution in [3.8, 4) is 33.4 Å². The molecule has 0 saturated carbocycles. The highest BCUT2D eigenvalue weighted by Crippen LogP contribution is 2.53. The molecule has 4 aromatic carbocycles. The topological polar surface area (TPSA) is 120 Å². The van der Waals surface area contributed by atoms with E-state index in [0.717, 1.165) is 49.7 Å². The number of aliphatic hydroxyl groups excluding tert-OH is 4. The van der Waals surface area contributed by atoms with E-state index < -0.39 is 37.3 Å². The van der Waals surface area contributed by atoms with E-state index in [-0.39, 0.29) is 19.1 Å². The van der Waals surface area contributed by atoms with Crippen LogP contribution < -0.4 is 0 Å². The number of benzene rings is 4. The Hall–Kier alpha value is -3.63. The summed E-state index contributed by atoms with van der Waals surface area (Å²) < 4.78 is 11.2. The van der Waals surface area contributed by atoms with Gasteiger partial charge in [-0.15, -0.1) is 0 Å². The van der Waals surface area contributed by atoms with Crippen LogP contribution in [0.25, 0.3) is 44.2 Å². The van der Waals surface area contributed by atoms with Crippen molar-refractivity contribution in [3.05, 3.63) is 83.9 Å². The van der Waals surface area contributed by atoms with Gasteiger partial charge in [-0.25, -0.2) is 0 Å². The Morgan fingerprint density at radius 2 is 1.56 bits per heavy atom. The Morgan fingerprint density at radius 3 is 2.29 bits per heavy atom. The molecule has 7 rings (SSSR count). The molecule has 1 aliphatic carbocycles. The van der Waals surface area contributed by atoms with Crippen molar-refractivity contribution >= 4 is 16.7 Å². The van der Waals surface area contributed by atoms with Crippen LogP contribution in [0.4, 0.5) is 0 Å². The van der Waals surface area contributed by atoms with Crippen LogP contribution in [-0.2, 0) is 15.9 Å². The Labute approximate surface area is 237 Å². The van der Waals surface area contributed by atoms with Crippen LogP contribution in [0.5, 0.6) is 0 Å². The van der Waals surface area contributed by atoms with Gasteiger partial charge in [0.15, 0.2) is 6.29 Å². The van der Waals surface area contributed by atoms with Gasteiger partial charge in [-0.3, -0.25) is 4.79 Å². The number of hydrogen-bond donors (Lipinski definition) is 4. The van der Waals surface area contributed by atoms with E-state index in [1.54, 1.807) is 4.90 Å². The molecule has 4 N–H and O–H groups in total. The summed E-state index contributed by atoms with van der Waals surface area (Å²) in [6.45, 7) is 0.273. The summed E-state index contributed by atoms with van der Waals surface area (Å²) in [5.74, 6) is -0.0793. The number of ether oxygens (including phenoxy) is 2. The molecule has 1 fully saturated rings. The zero-order valence-electron chi connectivity index (χ0n) is 22.3. The van der Waals surface area contributed by atoms with Gasteiger partial charge in [0.25, 0.3) is 5.91 Å². The SMILES string of the molecule is O=C1c2c(cc(-c3ccccc3)c3c2-c2cccc4cccc-3c24)CCN1CCOC1OC(CO)C(O)C(O)C1O. The predicted octanol–water partition coefficient (Wildman–Crippen LogP) is 2.97. The third-order valence-electron chi connectivity index (χ3n) is 8.58. The van der Waals surface area contributed by atoms with Gasteiger partial charge in [0.05, 0.1) is 18.8 Å². The van der Waals surface area contributed by atoms with Gasteiger partial charge >= 0.3 is 0 Å². The lowest BCUT2D eigenvalue weighted by atomic mass is 9.84. The van der Waals surface area contributed by atoms with Gasteiger partial charge in [-0.05, 0) is 56.6 Å². The first-order chi connectivity index (χ1) is 20.0. The van der Waals surface area contributed by atoms with Crippen LogP contribution in [0.15, 0.2) is 72.8 Å². The highest BCUT2D eigenvalue weighted by atomic mass is 16.7. The fraction of sp³-hybridized carbons (Fsp3) is 0.303. The molecule has 0 radical (unpaired) electrons. The second-order valence-electron chi connectivity index (χ2n) is 10.9. The first-order valence-corrected chi connectivity index (χ1v) is 14.0. The summed E-state index contributed by atoms with van der Waals surface area (Å²) >= 11 is 0. The summed E-state index contributed by atoms with van der Waals surface area (Å²) in [6.07, 6.45) is -6.05. The molecule has 0 bridgehead atoms. The number of aliphatic hydroxyl groups is 4. The number of carbonyl (C=O) groups excluding carboxylic acids is 1. The van der Waals surface area contributed by atoms with Crippen molar-refractivity contribution in [2.45, 2.75) is 37.1 Å². The molecule has 3 aliphatic rings. The van der Waals surface area contributed by atoms with E-state index >= 15 is 0 Å². The molecule has 41 heavy (non-hydrogen) atoms. The molecule has 5 unspecified atom stereocenters. The van der Waals surface area contributed by atoms with Crippen molar-refractivity contribution in [2.24, 2.45) is 0 Å². The van der Waals surface area contributed by atoms with Crippen LogP contribution in [0, 0.1) is 0 Å². The standard InChI is InChI=1S/C33H31NO7/c35-17-24-29(36)30(37)31(38)33(41-24)40-15-14-34-13-12-20-16-23(18-6-2-1-3-7-18)27-21-10-4-8-19-9-5-11-22(25(19)21)28(27)26(20)32(34)39/h1-11,16,24,29-31,33,35-38H,12-15,17H2. The van der Waals surface area contributed by atoms with E-state index in [0.29, 0.717) is 18.5 Å². The number of fused-ring (bicyclic) bond motifs is 5. The molecule has 2 aliphatic heterocycles. The Morgan fingerprint density at radius 1 is 0.829 bits per heavy atom. The number of nitrogens with zero attached hydrogens (tertiary/aromatic N) is 1. The molecule has 4 aromatic rings. The minimum Gasteiger partial charge on any atom is -0.394 e. The van der Waals surface area contributed by atoms with Crippen LogP contribution in [0.3, 0.4) is 0 Å². The van der Waals surface area contributed by atoms with Gasteiger partial charge < -0.3 is 34.8 Å². The molecule has 1 amide bonds. The quantitative estimate of drug-likeness (QED) is 0.255. The smallest absolute Gasteiger partial charge is 0.254 e. The van der Waals surface area contributed by atoms with Crippen molar-refractivity contribution < 1.29 is 34.7 Å².